The van der Waals surface area contributed by atoms with Crippen molar-refractivity contribution in [3.05, 3.63) is 23.8 Å². The number of ketones is 1. The minimum atomic E-state index is -2.07. The number of nitrogens with zero attached hydrogens (tertiary/aromatic N) is 2. The summed E-state index contributed by atoms with van der Waals surface area (Å²) in [7, 11) is 6.97. The average Bonchev–Trinajstić information content (AvgIpc) is 1.67. The Labute approximate surface area is 507 Å². The fourth-order valence-electron chi connectivity index (χ4n) is 16.2. The number of allylic oxidation sites excluding steroid dienone is 4. The number of methoxy groups -OCH3 is 1. The normalized spacial score (nSPS) is 48.4. The van der Waals surface area contributed by atoms with Gasteiger partial charge in [-0.15, -0.1) is 11.6 Å². The van der Waals surface area contributed by atoms with Gasteiger partial charge in [-0.05, 0) is 169 Å². The molecule has 3 saturated carbocycles. The molecule has 4 aliphatic carbocycles. The van der Waals surface area contributed by atoms with Gasteiger partial charge in [0.1, 0.15) is 30.1 Å². The van der Waals surface area contributed by atoms with Gasteiger partial charge in [0.2, 0.25) is 0 Å². The van der Waals surface area contributed by atoms with Crippen LogP contribution in [0.2, 0.25) is 0 Å². The summed E-state index contributed by atoms with van der Waals surface area (Å²) in [5, 5.41) is 72.2. The number of halogens is 2. The van der Waals surface area contributed by atoms with Gasteiger partial charge in [0.05, 0.1) is 65.2 Å². The predicted octanol–water partition coefficient (Wildman–Crippen LogP) is 5.48. The molecule has 0 amide bonds. The van der Waals surface area contributed by atoms with E-state index in [0.29, 0.717) is 25.8 Å². The number of ether oxygens (including phenoxy) is 8. The van der Waals surface area contributed by atoms with Crippen LogP contribution in [0, 0.1) is 40.4 Å². The first-order valence-electron chi connectivity index (χ1n) is 31.0. The molecule has 3 saturated heterocycles. The number of carbonyl (C=O) groups is 4. The second kappa shape index (κ2) is 26.2. The highest BCUT2D eigenvalue weighted by Crippen LogP contribution is 2.71. The zero-order valence-electron chi connectivity index (χ0n) is 53.1. The molecule has 26 atom stereocenters. The van der Waals surface area contributed by atoms with Crippen molar-refractivity contribution in [2.75, 3.05) is 41.4 Å². The van der Waals surface area contributed by atoms with Crippen molar-refractivity contribution < 1.29 is 92.1 Å². The standard InChI is InChI=1S/C63H102ClFN2O18/c1-17-46-61(12,76)51(71)37(6)67(15)25-20-23-59(10,75)53(35(4)49(36(5)54(73)82-46)84-48-32-60(11,78-16)52(72)38(7)81-48)85-55-50(44(66(13)14)28-34(3)80-55)83-47(70)21-18-19-26-79-56(74)63(77)33(2)27-40-41-30-43(65)42-29-39(68)22-24-57(42,8)62(41,64)45(69)31-58(40,63)9/h22,24,29,33-38,40-41,43-46,48-53,55,69,71-72,75-77H,17-21,23,25-28,30-32H2,1-16H3/t33-,34?,35+,36-,37-,38?,40?,41?,43+,44-,45+,46-,48?,49+,50-,51-,52-,53-,55?,57+,58+,59-,60+,61-,62+,63+/m1/s1. The number of likely N-dealkylation sites (N-methyl/N-ethyl adjacent to an activating group) is 2. The van der Waals surface area contributed by atoms with Crippen LogP contribution in [0.1, 0.15) is 154 Å². The Morgan fingerprint density at radius 2 is 1.56 bits per heavy atom. The quantitative estimate of drug-likeness (QED) is 0.0544. The number of cyclic esters (lactones) is 1. The van der Waals surface area contributed by atoms with E-state index in [2.05, 4.69) is 0 Å². The number of rotatable bonds is 14. The van der Waals surface area contributed by atoms with E-state index in [1.54, 1.807) is 82.4 Å². The lowest BCUT2D eigenvalue weighted by Crippen LogP contribution is -2.70. The summed E-state index contributed by atoms with van der Waals surface area (Å²) >= 11 is 7.51. The number of hydrogen-bond donors (Lipinski definition) is 6. The number of alkyl halides is 2. The molecule has 0 aromatic rings. The van der Waals surface area contributed by atoms with Gasteiger partial charge >= 0.3 is 17.9 Å². The van der Waals surface area contributed by atoms with Gasteiger partial charge in [-0.1, -0.05) is 40.7 Å². The highest BCUT2D eigenvalue weighted by molar-refractivity contribution is 6.26. The zero-order chi connectivity index (χ0) is 63.5. The number of carbonyl (C=O) groups excluding carboxylic acids is 4. The Hall–Kier alpha value is -2.74. The molecular formula is C63H102ClFN2O18. The van der Waals surface area contributed by atoms with Crippen LogP contribution in [0.4, 0.5) is 4.39 Å². The molecule has 0 spiro atoms. The van der Waals surface area contributed by atoms with E-state index in [4.69, 9.17) is 49.5 Å². The lowest BCUT2D eigenvalue weighted by atomic mass is 9.45. The molecule has 0 aromatic heterocycles. The summed E-state index contributed by atoms with van der Waals surface area (Å²) < 4.78 is 67.0. The summed E-state index contributed by atoms with van der Waals surface area (Å²) in [5.74, 6) is -6.43. The van der Waals surface area contributed by atoms with Gasteiger partial charge < -0.3 is 78.3 Å². The lowest BCUT2D eigenvalue weighted by Gasteiger charge is -2.64. The molecular weight excluding hydrogens is 1130 g/mol. The van der Waals surface area contributed by atoms with E-state index in [0.717, 1.165) is 0 Å². The molecule has 22 heteroatoms. The van der Waals surface area contributed by atoms with E-state index in [9.17, 15) is 49.8 Å². The highest BCUT2D eigenvalue weighted by Gasteiger charge is 2.76. The first-order chi connectivity index (χ1) is 39.4. The maximum Gasteiger partial charge on any atom is 0.338 e. The van der Waals surface area contributed by atoms with Crippen LogP contribution in [0.3, 0.4) is 0 Å². The van der Waals surface area contributed by atoms with E-state index >= 15 is 4.39 Å². The van der Waals surface area contributed by atoms with Crippen molar-refractivity contribution in [3.8, 4) is 0 Å². The van der Waals surface area contributed by atoms with Crippen molar-refractivity contribution in [3.63, 3.8) is 0 Å². The van der Waals surface area contributed by atoms with Crippen LogP contribution in [0.15, 0.2) is 23.8 Å². The van der Waals surface area contributed by atoms with E-state index in [1.807, 2.05) is 30.8 Å². The molecule has 7 aliphatic rings. The van der Waals surface area contributed by atoms with Crippen molar-refractivity contribution in [2.45, 2.75) is 267 Å². The Balaban J connectivity index is 1.09. The second-order valence-electron chi connectivity index (χ2n) is 27.8. The molecule has 0 radical (unpaired) electrons. The maximum absolute atomic E-state index is 16.2. The predicted molar refractivity (Wildman–Crippen MR) is 311 cm³/mol. The second-order valence-corrected chi connectivity index (χ2v) is 28.4. The molecule has 6 unspecified atom stereocenters. The van der Waals surface area contributed by atoms with Crippen LogP contribution in [-0.2, 0) is 57.1 Å². The van der Waals surface area contributed by atoms with Gasteiger partial charge in [-0.2, -0.15) is 0 Å². The minimum absolute atomic E-state index is 0.0486. The van der Waals surface area contributed by atoms with E-state index in [-0.39, 0.29) is 69.3 Å². The van der Waals surface area contributed by atoms with Crippen LogP contribution < -0.4 is 0 Å². The summed E-state index contributed by atoms with van der Waals surface area (Å²) in [6, 6.07) is -1.06. The molecule has 6 N–H and O–H groups in total. The first-order valence-corrected chi connectivity index (χ1v) is 31.4. The number of hydrogen-bond acceptors (Lipinski definition) is 20. The fourth-order valence-corrected chi connectivity index (χ4v) is 16.7. The molecule has 6 fully saturated rings. The van der Waals surface area contributed by atoms with Gasteiger partial charge in [0.25, 0.3) is 0 Å². The fraction of sp³-hybridized carbons (Fsp3) is 0.873. The van der Waals surface area contributed by atoms with Crippen LogP contribution in [0.25, 0.3) is 0 Å². The number of fused-ring (bicyclic) bond motifs is 5. The van der Waals surface area contributed by atoms with Crippen LogP contribution in [-0.4, -0.2) is 219 Å². The average molecular weight is 1230 g/mol. The monoisotopic (exact) mass is 1230 g/mol. The highest BCUT2D eigenvalue weighted by atomic mass is 35.5. The number of aliphatic hydroxyl groups is 6. The molecule has 486 valence electrons. The van der Waals surface area contributed by atoms with Crippen LogP contribution >= 0.6 is 11.6 Å². The topological polar surface area (TPSA) is 270 Å². The Kier molecular flexibility index (Phi) is 21.5. The Bertz CT molecular complexity index is 2450. The van der Waals surface area contributed by atoms with Gasteiger partial charge in [-0.3, -0.25) is 14.4 Å². The molecule has 85 heavy (non-hydrogen) atoms. The van der Waals surface area contributed by atoms with Gasteiger partial charge in [0, 0.05) is 42.7 Å². The number of unbranched alkanes of at least 4 members (excludes halogenated alkanes) is 1. The molecule has 0 bridgehead atoms. The van der Waals surface area contributed by atoms with Gasteiger partial charge in [0.15, 0.2) is 30.1 Å². The third kappa shape index (κ3) is 12.9. The maximum atomic E-state index is 16.2. The molecule has 3 aliphatic heterocycles. The Morgan fingerprint density at radius 1 is 0.894 bits per heavy atom. The van der Waals surface area contributed by atoms with E-state index < -0.39 is 171 Å². The number of aliphatic hydroxyl groups excluding tert-OH is 3. The Morgan fingerprint density at radius 3 is 2.20 bits per heavy atom. The minimum Gasteiger partial charge on any atom is -0.464 e. The first kappa shape index (κ1) is 69.7. The summed E-state index contributed by atoms with van der Waals surface area (Å²) in [6.07, 6.45) is -7.50. The van der Waals surface area contributed by atoms with E-state index in [1.165, 1.54) is 26.2 Å². The zero-order valence-corrected chi connectivity index (χ0v) is 53.9. The third-order valence-electron chi connectivity index (χ3n) is 21.8. The molecule has 3 heterocycles. The largest absolute Gasteiger partial charge is 0.464 e. The SMILES string of the molecule is CC[C@H]1OC(=O)[C@H](C)[C@@H](OC2C[C@](C)(OC)[C@H](O)C(C)O2)[C@H](C)[C@@H](OC2OC(C)C[C@@H](N(C)C)[C@H]2OC(=O)CCCCOC(=O)[C@@]2(O)[C@H](C)CC3C4C[C@H](F)C5=CC(=O)C=C[C@]5(C)[C@@]4(Cl)[C@@H](O)C[C@@]32C)[C@](C)(O)CCCN(C)[C@H](C)[C@@H](O)[C@]1(C)O. The molecule has 0 aromatic carbocycles. The molecule has 7 rings (SSSR count). The van der Waals surface area contributed by atoms with Crippen molar-refractivity contribution in [2.24, 2.45) is 40.4 Å². The van der Waals surface area contributed by atoms with Crippen molar-refractivity contribution >= 4 is 35.3 Å². The van der Waals surface area contributed by atoms with Crippen LogP contribution in [0.5, 0.6) is 0 Å². The summed E-state index contributed by atoms with van der Waals surface area (Å²) in [4.78, 5) is 57.7. The number of esters is 3. The summed E-state index contributed by atoms with van der Waals surface area (Å²) in [6.45, 7) is 20.7. The van der Waals surface area contributed by atoms with Crippen molar-refractivity contribution in [1.29, 1.82) is 0 Å². The van der Waals surface area contributed by atoms with Gasteiger partial charge in [-0.25, -0.2) is 9.18 Å². The smallest absolute Gasteiger partial charge is 0.338 e. The lowest BCUT2D eigenvalue weighted by molar-refractivity contribution is -0.318. The summed E-state index contributed by atoms with van der Waals surface area (Å²) in [5.41, 5.74) is -9.00. The molecule has 20 nitrogen and oxygen atoms in total. The third-order valence-corrected chi connectivity index (χ3v) is 22.7. The van der Waals surface area contributed by atoms with Crippen molar-refractivity contribution in [1.82, 2.24) is 9.80 Å².